The van der Waals surface area contributed by atoms with E-state index in [0.717, 1.165) is 14.7 Å². The van der Waals surface area contributed by atoms with Crippen LogP contribution in [0.5, 0.6) is 0 Å². The van der Waals surface area contributed by atoms with Crippen molar-refractivity contribution in [1.29, 1.82) is 0 Å². The van der Waals surface area contributed by atoms with Crippen molar-refractivity contribution in [2.75, 3.05) is 18.1 Å². The summed E-state index contributed by atoms with van der Waals surface area (Å²) in [5.41, 5.74) is 1.50. The van der Waals surface area contributed by atoms with Crippen molar-refractivity contribution in [3.05, 3.63) is 111 Å². The molecule has 192 valence electrons. The number of aliphatic hydroxyl groups excluding tert-OH is 1. The van der Waals surface area contributed by atoms with E-state index in [1.165, 1.54) is 0 Å². The molecule has 3 aromatic carbocycles. The number of benzene rings is 3. The van der Waals surface area contributed by atoms with Gasteiger partial charge in [0, 0.05) is 34.6 Å². The monoisotopic (exact) mass is 610 g/mol. The van der Waals surface area contributed by atoms with Crippen LogP contribution in [0.15, 0.2) is 91.0 Å². The summed E-state index contributed by atoms with van der Waals surface area (Å²) in [5, 5.41) is 21.2. The van der Waals surface area contributed by atoms with Crippen LogP contribution in [0.25, 0.3) is 0 Å². The summed E-state index contributed by atoms with van der Waals surface area (Å²) in [7, 11) is 0. The molecule has 4 rings (SSSR count). The summed E-state index contributed by atoms with van der Waals surface area (Å²) in [6, 6.07) is 24.9. The summed E-state index contributed by atoms with van der Waals surface area (Å²) >= 11 is 2.24. The first-order valence-electron chi connectivity index (χ1n) is 12.3. The zero-order chi connectivity index (χ0) is 26.4. The highest BCUT2D eigenvalue weighted by molar-refractivity contribution is 14.1. The molecule has 7 heteroatoms. The van der Waals surface area contributed by atoms with Crippen LogP contribution in [0, 0.1) is 9.49 Å². The first-order chi connectivity index (χ1) is 17.8. The van der Waals surface area contributed by atoms with Gasteiger partial charge < -0.3 is 20.0 Å². The lowest BCUT2D eigenvalue weighted by molar-refractivity contribution is -0.139. The Labute approximate surface area is 231 Å². The molecule has 2 N–H and O–H groups in total. The lowest BCUT2D eigenvalue weighted by Crippen LogP contribution is -2.44. The third-order valence-electron chi connectivity index (χ3n) is 6.75. The maximum absolute atomic E-state index is 13.6. The van der Waals surface area contributed by atoms with E-state index in [-0.39, 0.29) is 31.4 Å². The molecule has 1 aliphatic heterocycles. The van der Waals surface area contributed by atoms with Gasteiger partial charge in [0.2, 0.25) is 5.91 Å². The number of hydrogen-bond acceptors (Lipinski definition) is 4. The number of aliphatic hydroxyl groups is 2. The topological polar surface area (TPSA) is 81.1 Å². The number of fused-ring (bicyclic) bond motifs is 1. The zero-order valence-electron chi connectivity index (χ0n) is 20.8. The van der Waals surface area contributed by atoms with Crippen molar-refractivity contribution in [2.45, 2.75) is 32.0 Å². The van der Waals surface area contributed by atoms with Crippen molar-refractivity contribution >= 4 is 40.1 Å². The van der Waals surface area contributed by atoms with Gasteiger partial charge >= 0.3 is 0 Å². The number of rotatable bonds is 10. The molecule has 0 fully saturated rings. The fraction of sp³-hybridized carbons (Fsp3) is 0.267. The van der Waals surface area contributed by atoms with Crippen LogP contribution < -0.4 is 4.90 Å². The van der Waals surface area contributed by atoms with Crippen LogP contribution in [0.4, 0.5) is 5.69 Å². The Morgan fingerprint density at radius 1 is 1.03 bits per heavy atom. The molecule has 3 aromatic rings. The standard InChI is InChI=1S/C30H31IN2O4/c1-22(8-7-13-28(35)32(18-19-34)20-23-9-3-2-4-10-23)30(37)26-11-5-6-12-27(26)33(29(30)36)21-24-14-16-25(31)17-15-24/h2-12,14-17,22,34,37H,13,18-21H2,1H3/b8-7+/t22-,30+/m1/s1. The Morgan fingerprint density at radius 2 is 1.70 bits per heavy atom. The van der Waals surface area contributed by atoms with E-state index in [1.54, 1.807) is 34.9 Å². The average Bonchev–Trinajstić information content (AvgIpc) is 3.13. The van der Waals surface area contributed by atoms with Gasteiger partial charge in [0.15, 0.2) is 5.60 Å². The smallest absolute Gasteiger partial charge is 0.264 e. The maximum atomic E-state index is 13.6. The number of amides is 2. The molecule has 6 nitrogen and oxygen atoms in total. The van der Waals surface area contributed by atoms with Gasteiger partial charge in [0.1, 0.15) is 0 Å². The van der Waals surface area contributed by atoms with Crippen LogP contribution >= 0.6 is 22.6 Å². The third-order valence-corrected chi connectivity index (χ3v) is 7.46. The molecular formula is C30H31IN2O4. The van der Waals surface area contributed by atoms with E-state index >= 15 is 0 Å². The molecule has 2 atom stereocenters. The van der Waals surface area contributed by atoms with Gasteiger partial charge in [-0.1, -0.05) is 79.7 Å². The molecule has 1 heterocycles. The number of carbonyl (C=O) groups is 2. The second-order valence-corrected chi connectivity index (χ2v) is 10.5. The SMILES string of the molecule is C[C@H](/C=C/CC(=O)N(CCO)Cc1ccccc1)[C@@]1(O)C(=O)N(Cc2ccc(I)cc2)c2ccccc21. The quantitative estimate of drug-likeness (QED) is 0.259. The van der Waals surface area contributed by atoms with Crippen LogP contribution in [0.2, 0.25) is 0 Å². The average molecular weight is 610 g/mol. The van der Waals surface area contributed by atoms with Crippen molar-refractivity contribution < 1.29 is 19.8 Å². The van der Waals surface area contributed by atoms with E-state index in [9.17, 15) is 19.8 Å². The molecule has 0 aromatic heterocycles. The molecule has 0 unspecified atom stereocenters. The lowest BCUT2D eigenvalue weighted by atomic mass is 9.83. The predicted octanol–water partition coefficient (Wildman–Crippen LogP) is 4.63. The highest BCUT2D eigenvalue weighted by atomic mass is 127. The minimum Gasteiger partial charge on any atom is -0.395 e. The van der Waals surface area contributed by atoms with Crippen molar-refractivity contribution in [1.82, 2.24) is 4.90 Å². The van der Waals surface area contributed by atoms with Crippen molar-refractivity contribution in [3.63, 3.8) is 0 Å². The minimum atomic E-state index is -1.73. The van der Waals surface area contributed by atoms with E-state index in [2.05, 4.69) is 22.6 Å². The molecule has 37 heavy (non-hydrogen) atoms. The fourth-order valence-electron chi connectivity index (χ4n) is 4.69. The number of nitrogens with zero attached hydrogens (tertiary/aromatic N) is 2. The molecule has 0 spiro atoms. The molecule has 1 aliphatic rings. The fourth-order valence-corrected chi connectivity index (χ4v) is 5.05. The van der Waals surface area contributed by atoms with Gasteiger partial charge in [-0.15, -0.1) is 0 Å². The third kappa shape index (κ3) is 5.95. The first kappa shape index (κ1) is 27.0. The highest BCUT2D eigenvalue weighted by Gasteiger charge is 2.52. The first-order valence-corrected chi connectivity index (χ1v) is 13.4. The second kappa shape index (κ2) is 12.0. The number of anilines is 1. The number of para-hydroxylation sites is 1. The van der Waals surface area contributed by atoms with Crippen molar-refractivity contribution in [2.24, 2.45) is 5.92 Å². The highest BCUT2D eigenvalue weighted by Crippen LogP contribution is 2.45. The van der Waals surface area contributed by atoms with E-state index < -0.39 is 11.5 Å². The number of hydrogen-bond donors (Lipinski definition) is 2. The number of halogens is 1. The van der Waals surface area contributed by atoms with Gasteiger partial charge in [0.25, 0.3) is 5.91 Å². The van der Waals surface area contributed by atoms with Crippen LogP contribution in [0.3, 0.4) is 0 Å². The van der Waals surface area contributed by atoms with Crippen LogP contribution in [-0.2, 0) is 28.3 Å². The molecule has 0 saturated heterocycles. The Balaban J connectivity index is 1.49. The molecule has 0 bridgehead atoms. The predicted molar refractivity (Wildman–Crippen MR) is 153 cm³/mol. The Morgan fingerprint density at radius 3 is 2.41 bits per heavy atom. The Hall–Kier alpha value is -3.01. The minimum absolute atomic E-state index is 0.107. The summed E-state index contributed by atoms with van der Waals surface area (Å²) in [6.45, 7) is 2.67. The Kier molecular flexibility index (Phi) is 8.79. The van der Waals surface area contributed by atoms with E-state index in [0.29, 0.717) is 24.3 Å². The van der Waals surface area contributed by atoms with Crippen LogP contribution in [-0.4, -0.2) is 40.1 Å². The van der Waals surface area contributed by atoms with Gasteiger partial charge in [-0.05, 0) is 51.9 Å². The Bertz CT molecular complexity index is 1260. The van der Waals surface area contributed by atoms with Gasteiger partial charge in [-0.3, -0.25) is 9.59 Å². The molecule has 0 saturated carbocycles. The zero-order valence-corrected chi connectivity index (χ0v) is 22.9. The summed E-state index contributed by atoms with van der Waals surface area (Å²) in [6.07, 6.45) is 3.55. The number of carbonyl (C=O) groups excluding carboxylic acids is 2. The second-order valence-electron chi connectivity index (χ2n) is 9.25. The normalized spacial score (nSPS) is 17.7. The summed E-state index contributed by atoms with van der Waals surface area (Å²) in [5.74, 6) is -1.07. The molecule has 2 amide bonds. The van der Waals surface area contributed by atoms with Gasteiger partial charge in [0.05, 0.1) is 18.8 Å². The van der Waals surface area contributed by atoms with Gasteiger partial charge in [-0.25, -0.2) is 0 Å². The maximum Gasteiger partial charge on any atom is 0.264 e. The largest absolute Gasteiger partial charge is 0.395 e. The lowest BCUT2D eigenvalue weighted by Gasteiger charge is -2.28. The van der Waals surface area contributed by atoms with E-state index in [4.69, 9.17) is 0 Å². The van der Waals surface area contributed by atoms with Crippen molar-refractivity contribution in [3.8, 4) is 0 Å². The summed E-state index contributed by atoms with van der Waals surface area (Å²) < 4.78 is 1.11. The van der Waals surface area contributed by atoms with Crippen LogP contribution in [0.1, 0.15) is 30.0 Å². The molecular weight excluding hydrogens is 579 g/mol. The summed E-state index contributed by atoms with van der Waals surface area (Å²) in [4.78, 5) is 29.8. The van der Waals surface area contributed by atoms with Gasteiger partial charge in [-0.2, -0.15) is 0 Å². The van der Waals surface area contributed by atoms with E-state index in [1.807, 2.05) is 72.8 Å². The molecule has 0 radical (unpaired) electrons. The molecule has 0 aliphatic carbocycles.